The van der Waals surface area contributed by atoms with E-state index in [-0.39, 0.29) is 36.8 Å². The van der Waals surface area contributed by atoms with E-state index in [1.165, 1.54) is 11.3 Å². The Morgan fingerprint density at radius 3 is 2.80 bits per heavy atom. The van der Waals surface area contributed by atoms with Crippen molar-refractivity contribution < 1.29 is 9.21 Å². The lowest BCUT2D eigenvalue weighted by atomic mass is 10.3. The van der Waals surface area contributed by atoms with Gasteiger partial charge in [0.2, 0.25) is 0 Å². The van der Waals surface area contributed by atoms with E-state index in [1.807, 2.05) is 13.0 Å². The van der Waals surface area contributed by atoms with Gasteiger partial charge in [-0.25, -0.2) is 4.98 Å². The van der Waals surface area contributed by atoms with Crippen LogP contribution >= 0.6 is 36.2 Å². The maximum absolute atomic E-state index is 12.1. The van der Waals surface area contributed by atoms with E-state index < -0.39 is 0 Å². The minimum absolute atomic E-state index is 0. The van der Waals surface area contributed by atoms with Gasteiger partial charge in [0.15, 0.2) is 0 Å². The highest BCUT2D eigenvalue weighted by Gasteiger charge is 2.19. The summed E-state index contributed by atoms with van der Waals surface area (Å²) in [7, 11) is 1.73. The third-order valence-electron chi connectivity index (χ3n) is 2.81. The van der Waals surface area contributed by atoms with Crippen molar-refractivity contribution in [3.8, 4) is 10.6 Å². The van der Waals surface area contributed by atoms with Crippen molar-refractivity contribution in [2.24, 2.45) is 5.73 Å². The Balaban J connectivity index is 0.00000180. The second kappa shape index (κ2) is 8.26. The van der Waals surface area contributed by atoms with Gasteiger partial charge in [0.1, 0.15) is 17.0 Å². The summed E-state index contributed by atoms with van der Waals surface area (Å²) in [5, 5.41) is 2.53. The molecule has 20 heavy (non-hydrogen) atoms. The Morgan fingerprint density at radius 1 is 1.55 bits per heavy atom. The van der Waals surface area contributed by atoms with Crippen molar-refractivity contribution in [2.45, 2.75) is 13.0 Å². The van der Waals surface area contributed by atoms with Gasteiger partial charge in [-0.3, -0.25) is 4.79 Å². The van der Waals surface area contributed by atoms with E-state index in [9.17, 15) is 4.79 Å². The standard InChI is InChI=1S/C12H15N3O2S.2ClH/c1-8(5-13)15(2)12(16)10-7-18-11(14-10)9-3-4-17-6-9;;/h3-4,6-8H,5,13H2,1-2H3;2*1H. The second-order valence-electron chi connectivity index (χ2n) is 4.05. The Labute approximate surface area is 134 Å². The van der Waals surface area contributed by atoms with Gasteiger partial charge in [-0.2, -0.15) is 0 Å². The number of nitrogens with zero attached hydrogens (tertiary/aromatic N) is 2. The van der Waals surface area contributed by atoms with Crippen molar-refractivity contribution in [2.75, 3.05) is 13.6 Å². The molecule has 2 aromatic rings. The van der Waals surface area contributed by atoms with Gasteiger partial charge in [0, 0.05) is 30.6 Å². The Morgan fingerprint density at radius 2 is 2.25 bits per heavy atom. The molecule has 0 bridgehead atoms. The number of thiazole rings is 1. The van der Waals surface area contributed by atoms with E-state index in [0.717, 1.165) is 10.6 Å². The highest BCUT2D eigenvalue weighted by Crippen LogP contribution is 2.24. The van der Waals surface area contributed by atoms with Crippen LogP contribution in [0.4, 0.5) is 0 Å². The Hall–Kier alpha value is -1.08. The van der Waals surface area contributed by atoms with Crippen molar-refractivity contribution >= 4 is 42.1 Å². The molecule has 1 atom stereocenters. The van der Waals surface area contributed by atoms with Crippen LogP contribution in [0.1, 0.15) is 17.4 Å². The van der Waals surface area contributed by atoms with E-state index in [0.29, 0.717) is 12.2 Å². The van der Waals surface area contributed by atoms with Crippen LogP contribution in [0, 0.1) is 0 Å². The van der Waals surface area contributed by atoms with E-state index in [4.69, 9.17) is 10.2 Å². The normalized spacial score (nSPS) is 11.2. The van der Waals surface area contributed by atoms with Gasteiger partial charge < -0.3 is 15.1 Å². The number of carbonyl (C=O) groups excluding carboxylic acids is 1. The SMILES string of the molecule is CC(CN)N(C)C(=O)c1csc(-c2ccoc2)n1.Cl.Cl. The first-order valence-electron chi connectivity index (χ1n) is 5.58. The molecular formula is C12H17Cl2N3O2S. The molecule has 8 heteroatoms. The van der Waals surface area contributed by atoms with E-state index in [2.05, 4.69) is 4.98 Å². The first-order chi connectivity index (χ1) is 8.63. The average molecular weight is 338 g/mol. The van der Waals surface area contributed by atoms with E-state index >= 15 is 0 Å². The number of hydrogen-bond acceptors (Lipinski definition) is 5. The van der Waals surface area contributed by atoms with Crippen molar-refractivity contribution in [3.63, 3.8) is 0 Å². The molecule has 2 heterocycles. The maximum atomic E-state index is 12.1. The Bertz CT molecular complexity index is 531. The summed E-state index contributed by atoms with van der Waals surface area (Å²) in [6.45, 7) is 2.34. The quantitative estimate of drug-likeness (QED) is 0.930. The topological polar surface area (TPSA) is 72.4 Å². The van der Waals surface area contributed by atoms with E-state index in [1.54, 1.807) is 29.9 Å². The minimum atomic E-state index is -0.112. The first-order valence-corrected chi connectivity index (χ1v) is 6.46. The zero-order valence-corrected chi connectivity index (χ0v) is 13.6. The monoisotopic (exact) mass is 337 g/mol. The van der Waals surface area contributed by atoms with Crippen LogP contribution in [0.2, 0.25) is 0 Å². The molecule has 0 saturated heterocycles. The molecule has 1 amide bonds. The smallest absolute Gasteiger partial charge is 0.273 e. The molecular weight excluding hydrogens is 321 g/mol. The molecule has 0 saturated carbocycles. The predicted molar refractivity (Wildman–Crippen MR) is 84.9 cm³/mol. The molecule has 0 aliphatic heterocycles. The van der Waals surface area contributed by atoms with Crippen LogP contribution < -0.4 is 5.73 Å². The predicted octanol–water partition coefficient (Wildman–Crippen LogP) is 2.67. The minimum Gasteiger partial charge on any atom is -0.472 e. The van der Waals surface area contributed by atoms with Crippen molar-refractivity contribution in [1.29, 1.82) is 0 Å². The molecule has 0 aliphatic carbocycles. The summed E-state index contributed by atoms with van der Waals surface area (Å²) in [6.07, 6.45) is 3.19. The second-order valence-corrected chi connectivity index (χ2v) is 4.91. The van der Waals surface area contributed by atoms with Crippen molar-refractivity contribution in [3.05, 3.63) is 29.7 Å². The third-order valence-corrected chi connectivity index (χ3v) is 3.71. The zero-order valence-electron chi connectivity index (χ0n) is 11.1. The molecule has 1 unspecified atom stereocenters. The number of hydrogen-bond donors (Lipinski definition) is 1. The number of nitrogens with two attached hydrogens (primary N) is 1. The van der Waals surface area contributed by atoms with Gasteiger partial charge in [0.25, 0.3) is 5.91 Å². The summed E-state index contributed by atoms with van der Waals surface area (Å²) >= 11 is 1.42. The van der Waals surface area contributed by atoms with Gasteiger partial charge in [0.05, 0.1) is 6.26 Å². The summed E-state index contributed by atoms with van der Waals surface area (Å²) in [5.74, 6) is -0.112. The molecule has 0 fully saturated rings. The van der Waals surface area contributed by atoms with Crippen LogP contribution in [0.3, 0.4) is 0 Å². The van der Waals surface area contributed by atoms with Gasteiger partial charge in [-0.15, -0.1) is 36.2 Å². The zero-order chi connectivity index (χ0) is 13.1. The van der Waals surface area contributed by atoms with Crippen LogP contribution in [0.25, 0.3) is 10.6 Å². The fraction of sp³-hybridized carbons (Fsp3) is 0.333. The average Bonchev–Trinajstić information content (AvgIpc) is 3.05. The van der Waals surface area contributed by atoms with Gasteiger partial charge in [-0.1, -0.05) is 0 Å². The lowest BCUT2D eigenvalue weighted by Gasteiger charge is -2.22. The fourth-order valence-electron chi connectivity index (χ4n) is 1.43. The number of rotatable bonds is 4. The summed E-state index contributed by atoms with van der Waals surface area (Å²) < 4.78 is 5.00. The lowest BCUT2D eigenvalue weighted by molar-refractivity contribution is 0.0743. The number of likely N-dealkylation sites (N-methyl/N-ethyl adjacent to an activating group) is 1. The first kappa shape index (κ1) is 18.9. The largest absolute Gasteiger partial charge is 0.472 e. The molecule has 2 aromatic heterocycles. The summed E-state index contributed by atoms with van der Waals surface area (Å²) in [5.41, 5.74) is 6.87. The van der Waals surface area contributed by atoms with Crippen LogP contribution in [-0.2, 0) is 0 Å². The van der Waals surface area contributed by atoms with Gasteiger partial charge in [-0.05, 0) is 13.0 Å². The third kappa shape index (κ3) is 3.96. The van der Waals surface area contributed by atoms with Crippen LogP contribution in [0.5, 0.6) is 0 Å². The number of amides is 1. The molecule has 2 N–H and O–H groups in total. The molecule has 112 valence electrons. The summed E-state index contributed by atoms with van der Waals surface area (Å²) in [6, 6.07) is 1.82. The number of furan rings is 1. The fourth-order valence-corrected chi connectivity index (χ4v) is 2.21. The number of carbonyl (C=O) groups is 1. The molecule has 5 nitrogen and oxygen atoms in total. The maximum Gasteiger partial charge on any atom is 0.273 e. The van der Waals surface area contributed by atoms with Crippen LogP contribution in [0.15, 0.2) is 28.4 Å². The van der Waals surface area contributed by atoms with Gasteiger partial charge >= 0.3 is 0 Å². The summed E-state index contributed by atoms with van der Waals surface area (Å²) in [4.78, 5) is 18.0. The number of halogens is 2. The van der Waals surface area contributed by atoms with Crippen LogP contribution in [-0.4, -0.2) is 35.4 Å². The Kier molecular flexibility index (Phi) is 7.82. The highest BCUT2D eigenvalue weighted by molar-refractivity contribution is 7.13. The molecule has 0 aliphatic rings. The lowest BCUT2D eigenvalue weighted by Crippen LogP contribution is -2.39. The molecule has 0 aromatic carbocycles. The molecule has 0 radical (unpaired) electrons. The van der Waals surface area contributed by atoms with Crippen molar-refractivity contribution in [1.82, 2.24) is 9.88 Å². The highest BCUT2D eigenvalue weighted by atomic mass is 35.5. The molecule has 2 rings (SSSR count). The molecule has 0 spiro atoms. The number of aromatic nitrogens is 1.